The van der Waals surface area contributed by atoms with Gasteiger partial charge in [-0.2, -0.15) is 5.10 Å². The lowest BCUT2D eigenvalue weighted by atomic mass is 9.86. The molecule has 3 rings (SSSR count). The maximum absolute atomic E-state index is 12.7. The first-order valence-corrected chi connectivity index (χ1v) is 8.60. The number of phenols is 1. The number of nitrogens with zero attached hydrogens (tertiary/aromatic N) is 2. The van der Waals surface area contributed by atoms with E-state index in [2.05, 4.69) is 10.4 Å². The second-order valence-electron chi connectivity index (χ2n) is 6.89. The van der Waals surface area contributed by atoms with E-state index in [0.29, 0.717) is 31.7 Å². The zero-order chi connectivity index (χ0) is 18.2. The Bertz CT molecular complexity index is 799. The molecule has 6 heteroatoms. The third kappa shape index (κ3) is 3.08. The van der Waals surface area contributed by atoms with Crippen molar-refractivity contribution >= 4 is 5.91 Å². The Balaban J connectivity index is 1.75. The van der Waals surface area contributed by atoms with Crippen LogP contribution in [0.1, 0.15) is 35.6 Å². The summed E-state index contributed by atoms with van der Waals surface area (Å²) in [4.78, 5) is 12.7. The highest BCUT2D eigenvalue weighted by Crippen LogP contribution is 2.43. The maximum Gasteiger partial charge on any atom is 0.263 e. The van der Waals surface area contributed by atoms with Crippen LogP contribution in [0.2, 0.25) is 0 Å². The van der Waals surface area contributed by atoms with E-state index in [1.165, 1.54) is 0 Å². The molecular weight excluding hydrogens is 318 g/mol. The highest BCUT2D eigenvalue weighted by molar-refractivity contribution is 5.85. The van der Waals surface area contributed by atoms with Crippen molar-refractivity contribution in [2.24, 2.45) is 0 Å². The number of amides is 1. The van der Waals surface area contributed by atoms with Crippen molar-refractivity contribution in [2.45, 2.75) is 52.7 Å². The summed E-state index contributed by atoms with van der Waals surface area (Å²) in [5.74, 6) is 0.948. The number of hydrogen-bond acceptors (Lipinski definition) is 4. The monoisotopic (exact) mass is 343 g/mol. The van der Waals surface area contributed by atoms with Gasteiger partial charge in [-0.05, 0) is 56.9 Å². The molecule has 6 nitrogen and oxygen atoms in total. The molecule has 2 heterocycles. The van der Waals surface area contributed by atoms with Crippen LogP contribution in [0.5, 0.6) is 11.5 Å². The van der Waals surface area contributed by atoms with Crippen molar-refractivity contribution in [2.75, 3.05) is 6.54 Å². The fourth-order valence-corrected chi connectivity index (χ4v) is 3.31. The van der Waals surface area contributed by atoms with Gasteiger partial charge in [-0.3, -0.25) is 9.48 Å². The zero-order valence-electron chi connectivity index (χ0n) is 15.2. The molecule has 2 aromatic rings. The van der Waals surface area contributed by atoms with E-state index in [9.17, 15) is 9.90 Å². The molecule has 0 fully saturated rings. The third-order valence-electron chi connectivity index (χ3n) is 5.19. The molecule has 1 amide bonds. The first kappa shape index (κ1) is 17.3. The normalized spacial score (nSPS) is 19.2. The third-order valence-corrected chi connectivity index (χ3v) is 5.19. The van der Waals surface area contributed by atoms with Gasteiger partial charge in [-0.1, -0.05) is 0 Å². The van der Waals surface area contributed by atoms with E-state index in [1.54, 1.807) is 10.9 Å². The van der Waals surface area contributed by atoms with Gasteiger partial charge in [0, 0.05) is 30.9 Å². The van der Waals surface area contributed by atoms with Gasteiger partial charge in [0.1, 0.15) is 11.5 Å². The molecule has 25 heavy (non-hydrogen) atoms. The summed E-state index contributed by atoms with van der Waals surface area (Å²) in [5, 5.41) is 17.3. The molecule has 0 unspecified atom stereocenters. The minimum absolute atomic E-state index is 0.118. The molecule has 134 valence electrons. The van der Waals surface area contributed by atoms with Crippen LogP contribution in [-0.2, 0) is 17.8 Å². The lowest BCUT2D eigenvalue weighted by Gasteiger charge is -2.36. The molecule has 1 aliphatic rings. The van der Waals surface area contributed by atoms with E-state index in [4.69, 9.17) is 4.74 Å². The Morgan fingerprint density at radius 2 is 2.12 bits per heavy atom. The smallest absolute Gasteiger partial charge is 0.263 e. The van der Waals surface area contributed by atoms with Crippen LogP contribution in [0, 0.1) is 20.8 Å². The van der Waals surface area contributed by atoms with Crippen molar-refractivity contribution in [3.05, 3.63) is 40.7 Å². The SMILES string of the molecule is Cc1c(C)c2c(c(C)c1O)CC[C@](C)(C(=O)NCCn1cccn1)O2. The second-order valence-corrected chi connectivity index (χ2v) is 6.89. The van der Waals surface area contributed by atoms with Crippen LogP contribution < -0.4 is 10.1 Å². The fourth-order valence-electron chi connectivity index (χ4n) is 3.31. The molecule has 1 atom stereocenters. The van der Waals surface area contributed by atoms with E-state index in [0.717, 1.165) is 28.0 Å². The number of phenolic OH excluding ortho intramolecular Hbond substituents is 1. The number of fused-ring (bicyclic) bond motifs is 1. The minimum atomic E-state index is -0.905. The summed E-state index contributed by atoms with van der Waals surface area (Å²) in [6, 6.07) is 1.85. The standard InChI is InChI=1S/C19H25N3O3/c1-12-13(2)17-15(14(3)16(12)23)6-7-19(4,25-17)18(24)20-9-11-22-10-5-8-21-22/h5,8,10,23H,6-7,9,11H2,1-4H3,(H,20,24)/t19-/m1/s1. The Labute approximate surface area is 147 Å². The molecule has 0 spiro atoms. The van der Waals surface area contributed by atoms with E-state index in [-0.39, 0.29) is 5.91 Å². The average Bonchev–Trinajstić information content (AvgIpc) is 3.11. The zero-order valence-corrected chi connectivity index (χ0v) is 15.2. The van der Waals surface area contributed by atoms with Crippen LogP contribution in [0.4, 0.5) is 0 Å². The van der Waals surface area contributed by atoms with Gasteiger partial charge in [0.15, 0.2) is 5.60 Å². The van der Waals surface area contributed by atoms with Crippen LogP contribution >= 0.6 is 0 Å². The first-order valence-electron chi connectivity index (χ1n) is 8.60. The number of benzene rings is 1. The highest BCUT2D eigenvalue weighted by Gasteiger charge is 2.40. The van der Waals surface area contributed by atoms with Gasteiger partial charge < -0.3 is 15.2 Å². The number of aromatic nitrogens is 2. The minimum Gasteiger partial charge on any atom is -0.507 e. The number of carbonyl (C=O) groups excluding carboxylic acids is 1. The molecule has 1 aromatic heterocycles. The Hall–Kier alpha value is -2.50. The molecule has 1 aromatic carbocycles. The maximum atomic E-state index is 12.7. The van der Waals surface area contributed by atoms with Crippen LogP contribution in [0.15, 0.2) is 18.5 Å². The van der Waals surface area contributed by atoms with E-state index in [1.807, 2.05) is 40.0 Å². The number of rotatable bonds is 4. The lowest BCUT2D eigenvalue weighted by Crippen LogP contribution is -2.51. The van der Waals surface area contributed by atoms with Crippen LogP contribution in [0.25, 0.3) is 0 Å². The van der Waals surface area contributed by atoms with Crippen molar-refractivity contribution in [1.82, 2.24) is 15.1 Å². The Morgan fingerprint density at radius 3 is 2.80 bits per heavy atom. The van der Waals surface area contributed by atoms with Gasteiger partial charge in [0.2, 0.25) is 0 Å². The summed E-state index contributed by atoms with van der Waals surface area (Å²) in [5.41, 5.74) is 2.65. The topological polar surface area (TPSA) is 76.4 Å². The number of carbonyl (C=O) groups is 1. The fraction of sp³-hybridized carbons (Fsp3) is 0.474. The van der Waals surface area contributed by atoms with Gasteiger partial charge >= 0.3 is 0 Å². The van der Waals surface area contributed by atoms with Crippen molar-refractivity contribution < 1.29 is 14.6 Å². The average molecular weight is 343 g/mol. The Morgan fingerprint density at radius 1 is 1.36 bits per heavy atom. The second kappa shape index (κ2) is 6.43. The summed E-state index contributed by atoms with van der Waals surface area (Å²) in [7, 11) is 0. The molecule has 1 aliphatic heterocycles. The van der Waals surface area contributed by atoms with Crippen LogP contribution in [-0.4, -0.2) is 32.9 Å². The number of nitrogens with one attached hydrogen (secondary N) is 1. The molecule has 2 N–H and O–H groups in total. The van der Waals surface area contributed by atoms with Crippen molar-refractivity contribution in [3.8, 4) is 11.5 Å². The molecule has 0 bridgehead atoms. The van der Waals surface area contributed by atoms with Gasteiger partial charge in [0.05, 0.1) is 6.54 Å². The first-order chi connectivity index (χ1) is 11.8. The van der Waals surface area contributed by atoms with Crippen LogP contribution in [0.3, 0.4) is 0 Å². The number of hydrogen-bond donors (Lipinski definition) is 2. The van der Waals surface area contributed by atoms with Crippen molar-refractivity contribution in [1.29, 1.82) is 0 Å². The molecular formula is C19H25N3O3. The molecule has 0 radical (unpaired) electrons. The highest BCUT2D eigenvalue weighted by atomic mass is 16.5. The largest absolute Gasteiger partial charge is 0.507 e. The van der Waals surface area contributed by atoms with Crippen molar-refractivity contribution in [3.63, 3.8) is 0 Å². The summed E-state index contributed by atoms with van der Waals surface area (Å²) in [6.45, 7) is 8.65. The molecule has 0 saturated carbocycles. The van der Waals surface area contributed by atoms with Gasteiger partial charge in [-0.25, -0.2) is 0 Å². The number of aromatic hydroxyl groups is 1. The molecule has 0 saturated heterocycles. The predicted molar refractivity (Wildman–Crippen MR) is 94.9 cm³/mol. The predicted octanol–water partition coefficient (Wildman–Crippen LogP) is 2.41. The Kier molecular flexibility index (Phi) is 4.45. The number of ether oxygens (including phenoxy) is 1. The van der Waals surface area contributed by atoms with E-state index < -0.39 is 5.60 Å². The summed E-state index contributed by atoms with van der Waals surface area (Å²) >= 11 is 0. The lowest BCUT2D eigenvalue weighted by molar-refractivity contribution is -0.136. The van der Waals surface area contributed by atoms with Gasteiger partial charge in [0.25, 0.3) is 5.91 Å². The quantitative estimate of drug-likeness (QED) is 0.894. The van der Waals surface area contributed by atoms with E-state index >= 15 is 0 Å². The molecule has 0 aliphatic carbocycles. The summed E-state index contributed by atoms with van der Waals surface area (Å²) in [6.07, 6.45) is 4.87. The summed E-state index contributed by atoms with van der Waals surface area (Å²) < 4.78 is 7.95. The van der Waals surface area contributed by atoms with Gasteiger partial charge in [-0.15, -0.1) is 0 Å².